The average Bonchev–Trinajstić information content (AvgIpc) is 3.52. The number of rotatable bonds is 2. The molecule has 2 aliphatic heterocycles. The van der Waals surface area contributed by atoms with Gasteiger partial charge in [-0.05, 0) is 34.4 Å². The Morgan fingerprint density at radius 2 is 1.10 bits per heavy atom. The summed E-state index contributed by atoms with van der Waals surface area (Å²) >= 11 is 0. The van der Waals surface area contributed by atoms with Crippen LogP contribution in [0.4, 0.5) is 0 Å². The van der Waals surface area contributed by atoms with Crippen molar-refractivity contribution in [2.24, 2.45) is 9.98 Å². The van der Waals surface area contributed by atoms with Crippen molar-refractivity contribution >= 4 is 11.8 Å². The molecule has 0 bridgehead atoms. The highest BCUT2D eigenvalue weighted by molar-refractivity contribution is 5.97. The SMILES string of the molecule is c1cc(C2=N[C@@H]3c4ccccc4CC3O2)nc(C2=N[C@@H]3c4ccccc4C[C@@H]3O2)c1. The van der Waals surface area contributed by atoms with Crippen LogP contribution in [0.2, 0.25) is 0 Å². The van der Waals surface area contributed by atoms with Crippen LogP contribution >= 0.6 is 0 Å². The van der Waals surface area contributed by atoms with Crippen LogP contribution in [-0.2, 0) is 22.3 Å². The summed E-state index contributed by atoms with van der Waals surface area (Å²) in [6, 6.07) is 22.9. The molecule has 3 heterocycles. The number of benzene rings is 2. The third-order valence-corrected chi connectivity index (χ3v) is 6.52. The van der Waals surface area contributed by atoms with Crippen molar-refractivity contribution in [3.63, 3.8) is 0 Å². The molecule has 0 amide bonds. The van der Waals surface area contributed by atoms with Crippen LogP contribution in [0.5, 0.6) is 0 Å². The summed E-state index contributed by atoms with van der Waals surface area (Å²) in [5.74, 6) is 1.23. The minimum Gasteiger partial charge on any atom is -0.470 e. The molecule has 0 N–H and O–H groups in total. The molecule has 0 spiro atoms. The van der Waals surface area contributed by atoms with E-state index in [1.165, 1.54) is 22.3 Å². The van der Waals surface area contributed by atoms with Crippen LogP contribution in [0.25, 0.3) is 0 Å². The zero-order valence-electron chi connectivity index (χ0n) is 16.2. The highest BCUT2D eigenvalue weighted by Crippen LogP contribution is 2.42. The first-order chi connectivity index (χ1) is 14.8. The summed E-state index contributed by atoms with van der Waals surface area (Å²) in [7, 11) is 0. The predicted octanol–water partition coefficient (Wildman–Crippen LogP) is 3.97. The number of aromatic nitrogens is 1. The molecule has 30 heavy (non-hydrogen) atoms. The normalized spacial score (nSPS) is 27.3. The van der Waals surface area contributed by atoms with Crippen LogP contribution in [0, 0.1) is 0 Å². The molecule has 7 rings (SSSR count). The van der Waals surface area contributed by atoms with Gasteiger partial charge in [-0.3, -0.25) is 0 Å². The van der Waals surface area contributed by atoms with Gasteiger partial charge >= 0.3 is 0 Å². The van der Waals surface area contributed by atoms with Crippen LogP contribution in [0.15, 0.2) is 76.7 Å². The Labute approximate surface area is 174 Å². The molecule has 0 saturated carbocycles. The summed E-state index contributed by atoms with van der Waals surface area (Å²) in [5, 5.41) is 0. The maximum Gasteiger partial charge on any atom is 0.236 e. The number of aliphatic imine (C=N–C) groups is 2. The minimum absolute atomic E-state index is 0.0672. The molecule has 4 aliphatic rings. The molecule has 2 aromatic carbocycles. The highest BCUT2D eigenvalue weighted by atomic mass is 16.5. The van der Waals surface area contributed by atoms with Gasteiger partial charge in [-0.15, -0.1) is 0 Å². The van der Waals surface area contributed by atoms with E-state index in [1.807, 2.05) is 18.2 Å². The lowest BCUT2D eigenvalue weighted by Crippen LogP contribution is -2.17. The van der Waals surface area contributed by atoms with Crippen molar-refractivity contribution in [2.75, 3.05) is 0 Å². The van der Waals surface area contributed by atoms with Crippen LogP contribution in [-0.4, -0.2) is 29.0 Å². The van der Waals surface area contributed by atoms with Crippen molar-refractivity contribution in [3.05, 3.63) is 100 Å². The number of nitrogens with zero attached hydrogens (tertiary/aromatic N) is 3. The van der Waals surface area contributed by atoms with E-state index in [9.17, 15) is 0 Å². The van der Waals surface area contributed by atoms with Crippen LogP contribution < -0.4 is 0 Å². The molecular formula is C25H19N3O2. The first-order valence-corrected chi connectivity index (χ1v) is 10.5. The summed E-state index contributed by atoms with van der Waals surface area (Å²) < 4.78 is 12.4. The Bertz CT molecular complexity index is 1160. The maximum absolute atomic E-state index is 6.20. The van der Waals surface area contributed by atoms with Crippen LogP contribution in [0.1, 0.15) is 45.7 Å². The summed E-state index contributed by atoms with van der Waals surface area (Å²) in [6.07, 6.45) is 1.93. The molecule has 1 aromatic heterocycles. The number of ether oxygens (including phenoxy) is 2. The lowest BCUT2D eigenvalue weighted by atomic mass is 10.1. The van der Waals surface area contributed by atoms with E-state index in [-0.39, 0.29) is 24.3 Å². The van der Waals surface area contributed by atoms with Gasteiger partial charge in [0, 0.05) is 12.8 Å². The molecular weight excluding hydrogens is 374 g/mol. The van der Waals surface area contributed by atoms with Crippen molar-refractivity contribution in [3.8, 4) is 0 Å². The van der Waals surface area contributed by atoms with Crippen molar-refractivity contribution in [1.82, 2.24) is 4.98 Å². The monoisotopic (exact) mass is 393 g/mol. The molecule has 2 aliphatic carbocycles. The molecule has 1 unspecified atom stereocenters. The van der Waals surface area contributed by atoms with Gasteiger partial charge in [0.15, 0.2) is 0 Å². The fraction of sp³-hybridized carbons (Fsp3) is 0.240. The zero-order valence-corrected chi connectivity index (χ0v) is 16.2. The van der Waals surface area contributed by atoms with Gasteiger partial charge < -0.3 is 9.47 Å². The third-order valence-electron chi connectivity index (χ3n) is 6.52. The Morgan fingerprint density at radius 3 is 1.63 bits per heavy atom. The third kappa shape index (κ3) is 2.32. The van der Waals surface area contributed by atoms with Gasteiger partial charge in [-0.2, -0.15) is 0 Å². The number of hydrogen-bond acceptors (Lipinski definition) is 5. The molecule has 5 nitrogen and oxygen atoms in total. The Hall–Kier alpha value is -3.47. The highest BCUT2D eigenvalue weighted by Gasteiger charge is 2.41. The van der Waals surface area contributed by atoms with E-state index in [0.29, 0.717) is 11.8 Å². The molecule has 0 radical (unpaired) electrons. The van der Waals surface area contributed by atoms with Gasteiger partial charge in [0.25, 0.3) is 0 Å². The smallest absolute Gasteiger partial charge is 0.236 e. The van der Waals surface area contributed by atoms with Crippen molar-refractivity contribution in [2.45, 2.75) is 37.1 Å². The minimum atomic E-state index is 0.0672. The number of pyridine rings is 1. The van der Waals surface area contributed by atoms with Crippen molar-refractivity contribution < 1.29 is 9.47 Å². The second-order valence-corrected chi connectivity index (χ2v) is 8.28. The number of hydrogen-bond donors (Lipinski definition) is 0. The Balaban J connectivity index is 1.20. The fourth-order valence-electron chi connectivity index (χ4n) is 5.12. The maximum atomic E-state index is 6.20. The van der Waals surface area contributed by atoms with E-state index in [1.54, 1.807) is 0 Å². The van der Waals surface area contributed by atoms with E-state index in [2.05, 4.69) is 48.5 Å². The van der Waals surface area contributed by atoms with E-state index < -0.39 is 0 Å². The van der Waals surface area contributed by atoms with Crippen molar-refractivity contribution in [1.29, 1.82) is 0 Å². The predicted molar refractivity (Wildman–Crippen MR) is 113 cm³/mol. The molecule has 5 heteroatoms. The first-order valence-electron chi connectivity index (χ1n) is 10.5. The van der Waals surface area contributed by atoms with Gasteiger partial charge in [-0.25, -0.2) is 15.0 Å². The van der Waals surface area contributed by atoms with Gasteiger partial charge in [0.1, 0.15) is 35.7 Å². The Morgan fingerprint density at radius 1 is 0.600 bits per heavy atom. The van der Waals surface area contributed by atoms with Crippen LogP contribution in [0.3, 0.4) is 0 Å². The van der Waals surface area contributed by atoms with Gasteiger partial charge in [0.05, 0.1) is 0 Å². The first kappa shape index (κ1) is 16.3. The lowest BCUT2D eigenvalue weighted by Gasteiger charge is -2.10. The molecule has 0 saturated heterocycles. The van der Waals surface area contributed by atoms with Gasteiger partial charge in [-0.1, -0.05) is 54.6 Å². The van der Waals surface area contributed by atoms with E-state index in [4.69, 9.17) is 24.4 Å². The average molecular weight is 393 g/mol. The topological polar surface area (TPSA) is 56.1 Å². The molecule has 3 aromatic rings. The second-order valence-electron chi connectivity index (χ2n) is 8.28. The molecule has 4 atom stereocenters. The standard InChI is InChI=1S/C25H19N3O2/c1-3-8-16-14(6-1)12-20-22(16)27-24(29-20)18-10-5-11-19(26-18)25-28-23-17-9-4-2-7-15(17)13-21(23)30-25/h1-11,20-23H,12-13H2/t20-,21?,22+,23+/m0/s1. The summed E-state index contributed by atoms with van der Waals surface area (Å²) in [4.78, 5) is 14.5. The molecule has 146 valence electrons. The quantitative estimate of drug-likeness (QED) is 0.662. The lowest BCUT2D eigenvalue weighted by molar-refractivity contribution is 0.205. The fourth-order valence-corrected chi connectivity index (χ4v) is 5.12. The number of fused-ring (bicyclic) bond motifs is 6. The largest absolute Gasteiger partial charge is 0.470 e. The van der Waals surface area contributed by atoms with E-state index >= 15 is 0 Å². The summed E-state index contributed by atoms with van der Waals surface area (Å²) in [5.41, 5.74) is 6.67. The van der Waals surface area contributed by atoms with Gasteiger partial charge in [0.2, 0.25) is 11.8 Å². The summed E-state index contributed by atoms with van der Waals surface area (Å²) in [6.45, 7) is 0. The van der Waals surface area contributed by atoms with E-state index in [0.717, 1.165) is 24.2 Å². The molecule has 0 fully saturated rings. The second kappa shape index (κ2) is 6.02. The zero-order chi connectivity index (χ0) is 19.7. The Kier molecular flexibility index (Phi) is 3.28.